The number of nitrogens with one attached hydrogen (secondary N) is 1. The third-order valence-corrected chi connectivity index (χ3v) is 5.07. The maximum atomic E-state index is 11.6. The Morgan fingerprint density at radius 2 is 2.18 bits per heavy atom. The quantitative estimate of drug-likeness (QED) is 0.899. The molecule has 1 aliphatic carbocycles. The summed E-state index contributed by atoms with van der Waals surface area (Å²) >= 11 is 0. The van der Waals surface area contributed by atoms with E-state index in [1.54, 1.807) is 6.92 Å². The highest BCUT2D eigenvalue weighted by Gasteiger charge is 2.43. The second-order valence-corrected chi connectivity index (χ2v) is 6.76. The number of hydrogen-bond donors (Lipinski definition) is 2. The van der Waals surface area contributed by atoms with Crippen LogP contribution in [0, 0.1) is 0 Å². The van der Waals surface area contributed by atoms with Crippen LogP contribution in [-0.2, 0) is 4.79 Å². The summed E-state index contributed by atoms with van der Waals surface area (Å²) in [6, 6.07) is 6.28. The molecular weight excluding hydrogens is 276 g/mol. The maximum Gasteiger partial charge on any atom is 0.217 e. The van der Waals surface area contributed by atoms with Gasteiger partial charge in [-0.3, -0.25) is 4.79 Å². The number of hydrogen-bond acceptors (Lipinski definition) is 3. The molecule has 22 heavy (non-hydrogen) atoms. The summed E-state index contributed by atoms with van der Waals surface area (Å²) in [6.45, 7) is 3.66. The zero-order valence-electron chi connectivity index (χ0n) is 13.5. The molecule has 0 radical (unpaired) electrons. The average Bonchev–Trinajstić information content (AvgIpc) is 2.93. The lowest BCUT2D eigenvalue weighted by molar-refractivity contribution is -0.120. The van der Waals surface area contributed by atoms with E-state index in [2.05, 4.69) is 24.4 Å². The smallest absolute Gasteiger partial charge is 0.217 e. The van der Waals surface area contributed by atoms with E-state index in [1.807, 2.05) is 6.07 Å². The first-order valence-electron chi connectivity index (χ1n) is 8.38. The van der Waals surface area contributed by atoms with Crippen molar-refractivity contribution in [2.24, 2.45) is 5.73 Å². The molecule has 4 heteroatoms. The average molecular weight is 302 g/mol. The Kier molecular flexibility index (Phi) is 4.13. The molecule has 1 amide bonds. The molecule has 3 rings (SSSR count). The summed E-state index contributed by atoms with van der Waals surface area (Å²) < 4.78 is 6.37. The molecular formula is C18H26N2O2. The maximum absolute atomic E-state index is 11.6. The van der Waals surface area contributed by atoms with Crippen LogP contribution in [0.1, 0.15) is 75.6 Å². The fraction of sp³-hybridized carbons (Fsp3) is 0.611. The predicted molar refractivity (Wildman–Crippen MR) is 86.7 cm³/mol. The fourth-order valence-electron chi connectivity index (χ4n) is 3.86. The standard InChI is InChI=1S/C18H26N2O2/c1-3-15(19)13-6-7-17-14(10-13)16(20-12(2)21)11-18(22-17)8-4-5-9-18/h6-7,10,15-16H,3-5,8-9,11,19H2,1-2H3,(H,20,21). The highest BCUT2D eigenvalue weighted by atomic mass is 16.5. The second kappa shape index (κ2) is 5.92. The normalized spacial score (nSPS) is 23.7. The van der Waals surface area contributed by atoms with Crippen LogP contribution in [-0.4, -0.2) is 11.5 Å². The molecule has 2 aliphatic rings. The van der Waals surface area contributed by atoms with Gasteiger partial charge in [-0.25, -0.2) is 0 Å². The Hall–Kier alpha value is -1.55. The van der Waals surface area contributed by atoms with E-state index < -0.39 is 0 Å². The third kappa shape index (κ3) is 2.84. The summed E-state index contributed by atoms with van der Waals surface area (Å²) in [4.78, 5) is 11.6. The molecule has 1 heterocycles. The van der Waals surface area contributed by atoms with E-state index >= 15 is 0 Å². The Bertz CT molecular complexity index is 564. The largest absolute Gasteiger partial charge is 0.487 e. The van der Waals surface area contributed by atoms with Crippen molar-refractivity contribution < 1.29 is 9.53 Å². The van der Waals surface area contributed by atoms with E-state index in [0.29, 0.717) is 0 Å². The summed E-state index contributed by atoms with van der Waals surface area (Å²) in [5.41, 5.74) is 8.26. The molecule has 1 fully saturated rings. The van der Waals surface area contributed by atoms with Crippen molar-refractivity contribution in [1.29, 1.82) is 0 Å². The van der Waals surface area contributed by atoms with E-state index in [0.717, 1.165) is 42.6 Å². The van der Waals surface area contributed by atoms with E-state index in [4.69, 9.17) is 10.5 Å². The van der Waals surface area contributed by atoms with Crippen LogP contribution >= 0.6 is 0 Å². The molecule has 0 bridgehead atoms. The van der Waals surface area contributed by atoms with Crippen molar-refractivity contribution in [3.05, 3.63) is 29.3 Å². The number of carbonyl (C=O) groups excluding carboxylic acids is 1. The lowest BCUT2D eigenvalue weighted by Crippen LogP contribution is -2.43. The minimum Gasteiger partial charge on any atom is -0.487 e. The number of nitrogens with two attached hydrogens (primary N) is 1. The first kappa shape index (κ1) is 15.3. The Morgan fingerprint density at radius 1 is 1.45 bits per heavy atom. The highest BCUT2D eigenvalue weighted by Crippen LogP contribution is 2.47. The van der Waals surface area contributed by atoms with Gasteiger partial charge in [0.1, 0.15) is 11.4 Å². The van der Waals surface area contributed by atoms with Gasteiger partial charge in [-0.15, -0.1) is 0 Å². The molecule has 4 nitrogen and oxygen atoms in total. The monoisotopic (exact) mass is 302 g/mol. The van der Waals surface area contributed by atoms with Crippen molar-refractivity contribution in [2.45, 2.75) is 70.1 Å². The number of amides is 1. The molecule has 3 N–H and O–H groups in total. The van der Waals surface area contributed by atoms with Gasteiger partial charge in [-0.05, 0) is 49.8 Å². The van der Waals surface area contributed by atoms with Gasteiger partial charge >= 0.3 is 0 Å². The third-order valence-electron chi connectivity index (χ3n) is 5.07. The minimum absolute atomic E-state index is 0.0104. The van der Waals surface area contributed by atoms with Crippen LogP contribution in [0.4, 0.5) is 0 Å². The number of carbonyl (C=O) groups is 1. The second-order valence-electron chi connectivity index (χ2n) is 6.76. The molecule has 1 aliphatic heterocycles. The lowest BCUT2D eigenvalue weighted by Gasteiger charge is -2.40. The van der Waals surface area contributed by atoms with Gasteiger partial charge in [0, 0.05) is 24.9 Å². The van der Waals surface area contributed by atoms with Crippen molar-refractivity contribution in [3.63, 3.8) is 0 Å². The zero-order chi connectivity index (χ0) is 15.7. The van der Waals surface area contributed by atoms with E-state index in [-0.39, 0.29) is 23.6 Å². The number of benzene rings is 1. The number of fused-ring (bicyclic) bond motifs is 1. The molecule has 2 atom stereocenters. The molecule has 1 spiro atoms. The van der Waals surface area contributed by atoms with E-state index in [1.165, 1.54) is 12.8 Å². The molecule has 1 aromatic rings. The minimum atomic E-state index is -0.0888. The summed E-state index contributed by atoms with van der Waals surface area (Å²) in [5, 5.41) is 3.11. The van der Waals surface area contributed by atoms with Crippen LogP contribution < -0.4 is 15.8 Å². The van der Waals surface area contributed by atoms with Crippen molar-refractivity contribution >= 4 is 5.91 Å². The number of rotatable bonds is 3. The van der Waals surface area contributed by atoms with Crippen LogP contribution in [0.2, 0.25) is 0 Å². The van der Waals surface area contributed by atoms with Gasteiger partial charge in [0.05, 0.1) is 6.04 Å². The molecule has 1 aromatic carbocycles. The van der Waals surface area contributed by atoms with Crippen LogP contribution in [0.15, 0.2) is 18.2 Å². The summed E-state index contributed by atoms with van der Waals surface area (Å²) in [7, 11) is 0. The van der Waals surface area contributed by atoms with Crippen molar-refractivity contribution in [2.75, 3.05) is 0 Å². The van der Waals surface area contributed by atoms with Crippen LogP contribution in [0.3, 0.4) is 0 Å². The molecule has 0 aromatic heterocycles. The summed E-state index contributed by atoms with van der Waals surface area (Å²) in [5.74, 6) is 0.926. The van der Waals surface area contributed by atoms with Gasteiger partial charge in [0.15, 0.2) is 0 Å². The van der Waals surface area contributed by atoms with Crippen LogP contribution in [0.25, 0.3) is 0 Å². The first-order valence-corrected chi connectivity index (χ1v) is 8.38. The van der Waals surface area contributed by atoms with Gasteiger partial charge < -0.3 is 15.8 Å². The fourth-order valence-corrected chi connectivity index (χ4v) is 3.86. The predicted octanol–water partition coefficient (Wildman–Crippen LogP) is 3.37. The van der Waals surface area contributed by atoms with Gasteiger partial charge in [-0.2, -0.15) is 0 Å². The lowest BCUT2D eigenvalue weighted by atomic mass is 9.84. The Balaban J connectivity index is 1.97. The van der Waals surface area contributed by atoms with Gasteiger partial charge in [-0.1, -0.05) is 13.0 Å². The Morgan fingerprint density at radius 3 is 2.82 bits per heavy atom. The summed E-state index contributed by atoms with van der Waals surface area (Å²) in [6.07, 6.45) is 6.35. The molecule has 1 saturated carbocycles. The van der Waals surface area contributed by atoms with Gasteiger partial charge in [0.25, 0.3) is 0 Å². The number of ether oxygens (including phenoxy) is 1. The van der Waals surface area contributed by atoms with Gasteiger partial charge in [0.2, 0.25) is 5.91 Å². The van der Waals surface area contributed by atoms with Crippen LogP contribution in [0.5, 0.6) is 5.75 Å². The Labute approximate surface area is 132 Å². The molecule has 120 valence electrons. The zero-order valence-corrected chi connectivity index (χ0v) is 13.5. The van der Waals surface area contributed by atoms with Crippen molar-refractivity contribution in [1.82, 2.24) is 5.32 Å². The molecule has 2 unspecified atom stereocenters. The first-order chi connectivity index (χ1) is 10.5. The topological polar surface area (TPSA) is 64.3 Å². The van der Waals surface area contributed by atoms with Crippen molar-refractivity contribution in [3.8, 4) is 5.75 Å². The molecule has 0 saturated heterocycles. The van der Waals surface area contributed by atoms with E-state index in [9.17, 15) is 4.79 Å². The SMILES string of the molecule is CCC(N)c1ccc2c(c1)C(NC(C)=O)CC1(CCCC1)O2. The highest BCUT2D eigenvalue weighted by molar-refractivity contribution is 5.73.